The molecule has 0 saturated carbocycles. The van der Waals surface area contributed by atoms with E-state index in [0.717, 1.165) is 11.3 Å². The van der Waals surface area contributed by atoms with Crippen LogP contribution < -0.4 is 10.6 Å². The fourth-order valence-electron chi connectivity index (χ4n) is 1.53. The molecule has 19 heavy (non-hydrogen) atoms. The number of rotatable bonds is 6. The van der Waals surface area contributed by atoms with Gasteiger partial charge in [0.25, 0.3) is 0 Å². The summed E-state index contributed by atoms with van der Waals surface area (Å²) in [7, 11) is 1.79. The largest absolute Gasteiger partial charge is 0.481 e. The molecule has 2 aromatic rings. The fourth-order valence-corrected chi connectivity index (χ4v) is 1.53. The van der Waals surface area contributed by atoms with Gasteiger partial charge in [-0.3, -0.25) is 4.79 Å². The molecule has 0 bridgehead atoms. The van der Waals surface area contributed by atoms with Crippen LogP contribution in [0.15, 0.2) is 28.7 Å². The first-order valence-electron chi connectivity index (χ1n) is 5.72. The highest BCUT2D eigenvalue weighted by Gasteiger charge is 2.05. The quantitative estimate of drug-likeness (QED) is 0.718. The van der Waals surface area contributed by atoms with E-state index in [1.807, 2.05) is 0 Å². The zero-order valence-electron chi connectivity index (χ0n) is 10.4. The van der Waals surface area contributed by atoms with Gasteiger partial charge >= 0.3 is 12.0 Å². The van der Waals surface area contributed by atoms with Gasteiger partial charge in [0.15, 0.2) is 0 Å². The van der Waals surface area contributed by atoms with Gasteiger partial charge in [-0.2, -0.15) is 0 Å². The number of carboxylic acids is 1. The lowest BCUT2D eigenvalue weighted by Gasteiger charge is -2.02. The van der Waals surface area contributed by atoms with Crippen LogP contribution in [0.1, 0.15) is 11.5 Å². The number of anilines is 2. The van der Waals surface area contributed by atoms with Gasteiger partial charge < -0.3 is 20.2 Å². The Kier molecular flexibility index (Phi) is 4.09. The smallest absolute Gasteiger partial charge is 0.320 e. The van der Waals surface area contributed by atoms with Crippen molar-refractivity contribution in [2.24, 2.45) is 0 Å². The summed E-state index contributed by atoms with van der Waals surface area (Å²) in [5.41, 5.74) is 1.49. The molecule has 1 aromatic carbocycles. The van der Waals surface area contributed by atoms with E-state index in [4.69, 9.17) is 9.52 Å². The Bertz CT molecular complexity index is 550. The lowest BCUT2D eigenvalue weighted by atomic mass is 10.1. The molecule has 7 heteroatoms. The first kappa shape index (κ1) is 13.0. The molecule has 0 aliphatic heterocycles. The predicted molar refractivity (Wildman–Crippen MR) is 68.1 cm³/mol. The summed E-state index contributed by atoms with van der Waals surface area (Å²) in [6, 6.07) is 7.31. The number of hydrogen-bond acceptors (Lipinski definition) is 6. The molecule has 7 nitrogen and oxygen atoms in total. The van der Waals surface area contributed by atoms with E-state index < -0.39 is 5.97 Å². The SMILES string of the molecule is CNCc1nnc(Nc2ccc(CC(=O)O)cc2)o1. The fraction of sp³-hybridized carbons (Fsp3) is 0.250. The van der Waals surface area contributed by atoms with Crippen LogP contribution >= 0.6 is 0 Å². The van der Waals surface area contributed by atoms with Crippen molar-refractivity contribution in [2.75, 3.05) is 12.4 Å². The maximum Gasteiger partial charge on any atom is 0.320 e. The third kappa shape index (κ3) is 3.78. The van der Waals surface area contributed by atoms with Crippen molar-refractivity contribution in [1.82, 2.24) is 15.5 Å². The molecule has 0 aliphatic carbocycles. The first-order valence-corrected chi connectivity index (χ1v) is 5.72. The maximum atomic E-state index is 10.6. The lowest BCUT2D eigenvalue weighted by molar-refractivity contribution is -0.136. The normalized spacial score (nSPS) is 10.4. The van der Waals surface area contributed by atoms with Crippen LogP contribution in [-0.4, -0.2) is 28.3 Å². The van der Waals surface area contributed by atoms with Crippen LogP contribution in [0, 0.1) is 0 Å². The van der Waals surface area contributed by atoms with Crippen LogP contribution in [0.3, 0.4) is 0 Å². The molecule has 0 aliphatic rings. The Labute approximate surface area is 109 Å². The van der Waals surface area contributed by atoms with Gasteiger partial charge in [0, 0.05) is 5.69 Å². The van der Waals surface area contributed by atoms with Crippen molar-refractivity contribution >= 4 is 17.7 Å². The van der Waals surface area contributed by atoms with E-state index in [-0.39, 0.29) is 6.42 Å². The molecule has 1 heterocycles. The summed E-state index contributed by atoms with van der Waals surface area (Å²) in [6.45, 7) is 0.506. The predicted octanol–water partition coefficient (Wildman–Crippen LogP) is 1.16. The van der Waals surface area contributed by atoms with E-state index in [9.17, 15) is 4.79 Å². The second-order valence-corrected chi connectivity index (χ2v) is 3.92. The van der Waals surface area contributed by atoms with Crippen LogP contribution in [0.25, 0.3) is 0 Å². The zero-order valence-corrected chi connectivity index (χ0v) is 10.4. The molecule has 0 atom stereocenters. The number of carboxylic acid groups (broad SMARTS) is 1. The molecule has 0 saturated heterocycles. The highest BCUT2D eigenvalue weighted by molar-refractivity contribution is 5.70. The number of benzene rings is 1. The standard InChI is InChI=1S/C12H14N4O3/c1-13-7-10-15-16-12(19-10)14-9-4-2-8(3-5-9)6-11(17)18/h2-5,13H,6-7H2,1H3,(H,14,16)(H,17,18). The van der Waals surface area contributed by atoms with Crippen molar-refractivity contribution < 1.29 is 14.3 Å². The van der Waals surface area contributed by atoms with E-state index in [1.54, 1.807) is 31.3 Å². The first-order chi connectivity index (χ1) is 9.17. The molecule has 3 N–H and O–H groups in total. The van der Waals surface area contributed by atoms with Crippen molar-refractivity contribution in [3.63, 3.8) is 0 Å². The summed E-state index contributed by atoms with van der Waals surface area (Å²) in [4.78, 5) is 10.6. The molecule has 0 spiro atoms. The third-order valence-corrected chi connectivity index (χ3v) is 2.36. The number of nitrogens with one attached hydrogen (secondary N) is 2. The Morgan fingerprint density at radius 2 is 2.05 bits per heavy atom. The second kappa shape index (κ2) is 5.96. The summed E-state index contributed by atoms with van der Waals surface area (Å²) < 4.78 is 5.33. The van der Waals surface area contributed by atoms with Crippen LogP contribution in [0.4, 0.5) is 11.7 Å². The maximum absolute atomic E-state index is 10.6. The second-order valence-electron chi connectivity index (χ2n) is 3.92. The van der Waals surface area contributed by atoms with Gasteiger partial charge in [0.05, 0.1) is 13.0 Å². The number of aliphatic carboxylic acids is 1. The molecule has 0 fully saturated rings. The van der Waals surface area contributed by atoms with E-state index >= 15 is 0 Å². The zero-order chi connectivity index (χ0) is 13.7. The number of carbonyl (C=O) groups is 1. The average Bonchev–Trinajstić information content (AvgIpc) is 2.79. The molecule has 0 radical (unpaired) electrons. The molecule has 1 aromatic heterocycles. The van der Waals surface area contributed by atoms with Gasteiger partial charge in [-0.1, -0.05) is 17.2 Å². The molecule has 100 valence electrons. The van der Waals surface area contributed by atoms with Crippen LogP contribution in [-0.2, 0) is 17.8 Å². The number of aromatic nitrogens is 2. The van der Waals surface area contributed by atoms with Gasteiger partial charge in [-0.15, -0.1) is 5.10 Å². The minimum atomic E-state index is -0.852. The number of nitrogens with zero attached hydrogens (tertiary/aromatic N) is 2. The van der Waals surface area contributed by atoms with Crippen LogP contribution in [0.2, 0.25) is 0 Å². The van der Waals surface area contributed by atoms with Gasteiger partial charge in [0.1, 0.15) is 0 Å². The molecule has 0 amide bonds. The summed E-state index contributed by atoms with van der Waals surface area (Å²) in [5.74, 6) is -0.359. The Hall–Kier alpha value is -2.41. The highest BCUT2D eigenvalue weighted by atomic mass is 16.4. The highest BCUT2D eigenvalue weighted by Crippen LogP contribution is 2.16. The minimum Gasteiger partial charge on any atom is -0.481 e. The van der Waals surface area contributed by atoms with Gasteiger partial charge in [-0.25, -0.2) is 0 Å². The van der Waals surface area contributed by atoms with Crippen molar-refractivity contribution in [1.29, 1.82) is 0 Å². The minimum absolute atomic E-state index is 0.00710. The Morgan fingerprint density at radius 3 is 2.68 bits per heavy atom. The molecular weight excluding hydrogens is 248 g/mol. The summed E-state index contributed by atoms with van der Waals surface area (Å²) >= 11 is 0. The van der Waals surface area contributed by atoms with E-state index in [2.05, 4.69) is 20.8 Å². The third-order valence-electron chi connectivity index (χ3n) is 2.36. The summed E-state index contributed by atoms with van der Waals surface area (Å²) in [5, 5.41) is 22.2. The summed E-state index contributed by atoms with van der Waals surface area (Å²) in [6.07, 6.45) is 0.00710. The number of hydrogen-bond donors (Lipinski definition) is 3. The molecular formula is C12H14N4O3. The molecule has 2 rings (SSSR count). The van der Waals surface area contributed by atoms with E-state index in [1.165, 1.54) is 0 Å². The van der Waals surface area contributed by atoms with Crippen LogP contribution in [0.5, 0.6) is 0 Å². The monoisotopic (exact) mass is 262 g/mol. The van der Waals surface area contributed by atoms with Crippen molar-refractivity contribution in [2.45, 2.75) is 13.0 Å². The Morgan fingerprint density at radius 1 is 1.32 bits per heavy atom. The van der Waals surface area contributed by atoms with E-state index in [0.29, 0.717) is 18.5 Å². The Balaban J connectivity index is 2.00. The van der Waals surface area contributed by atoms with Gasteiger partial charge in [-0.05, 0) is 24.7 Å². The van der Waals surface area contributed by atoms with Crippen molar-refractivity contribution in [3.05, 3.63) is 35.7 Å². The lowest BCUT2D eigenvalue weighted by Crippen LogP contribution is -2.04. The topological polar surface area (TPSA) is 100 Å². The van der Waals surface area contributed by atoms with Crippen molar-refractivity contribution in [3.8, 4) is 0 Å². The average molecular weight is 262 g/mol. The molecule has 0 unspecified atom stereocenters. The van der Waals surface area contributed by atoms with Gasteiger partial charge in [0.2, 0.25) is 5.89 Å².